The fourth-order valence-electron chi connectivity index (χ4n) is 2.64. The van der Waals surface area contributed by atoms with Crippen molar-refractivity contribution in [2.45, 2.75) is 13.0 Å². The maximum Gasteiger partial charge on any atom is 0.241 e. The lowest BCUT2D eigenvalue weighted by Gasteiger charge is -2.37. The molecule has 0 radical (unpaired) electrons. The molecule has 1 aromatic carbocycles. The molecule has 1 atom stereocenters. The number of piperazine rings is 1. The number of ketones is 1. The molecule has 0 aromatic heterocycles. The van der Waals surface area contributed by atoms with Crippen molar-refractivity contribution >= 4 is 17.4 Å². The van der Waals surface area contributed by atoms with Gasteiger partial charge in [0, 0.05) is 38.9 Å². The highest BCUT2D eigenvalue weighted by molar-refractivity contribution is 5.94. The first-order valence-electron chi connectivity index (χ1n) is 7.52. The Bertz CT molecular complexity index is 586. The third-order valence-electron chi connectivity index (χ3n) is 3.95. The first-order valence-corrected chi connectivity index (χ1v) is 7.52. The second-order valence-electron chi connectivity index (χ2n) is 5.60. The van der Waals surface area contributed by atoms with E-state index in [0.29, 0.717) is 37.4 Å². The van der Waals surface area contributed by atoms with E-state index in [0.717, 1.165) is 0 Å². The molecule has 126 valence electrons. The van der Waals surface area contributed by atoms with Crippen LogP contribution in [0.3, 0.4) is 0 Å². The van der Waals surface area contributed by atoms with Crippen LogP contribution in [0.25, 0.3) is 0 Å². The number of nitrogens with two attached hydrogens (primary N) is 1. The van der Waals surface area contributed by atoms with Gasteiger partial charge >= 0.3 is 0 Å². The van der Waals surface area contributed by atoms with Crippen molar-refractivity contribution in [2.24, 2.45) is 5.73 Å². The van der Waals surface area contributed by atoms with Crippen LogP contribution in [-0.2, 0) is 9.53 Å². The molecular weight excluding hydrogens is 301 g/mol. The Morgan fingerprint density at radius 2 is 1.96 bits per heavy atom. The van der Waals surface area contributed by atoms with Crippen molar-refractivity contribution in [3.63, 3.8) is 0 Å². The molecule has 1 amide bonds. The van der Waals surface area contributed by atoms with Crippen molar-refractivity contribution in [1.82, 2.24) is 4.90 Å². The number of rotatable bonds is 5. The van der Waals surface area contributed by atoms with E-state index in [1.54, 1.807) is 17.0 Å². The van der Waals surface area contributed by atoms with Crippen molar-refractivity contribution in [3.8, 4) is 0 Å². The Balaban J connectivity index is 1.99. The van der Waals surface area contributed by atoms with Gasteiger partial charge in [0.1, 0.15) is 11.9 Å². The number of hydrogen-bond acceptors (Lipinski definition) is 5. The standard InChI is InChI=1S/C16H22FN3O3/c1-11(21)12-3-4-15(13(17)9-12)19-5-7-20(8-6-19)16(22)14(18)10-23-2/h3-4,9,14H,5-8,10,18H2,1-2H3. The van der Waals surface area contributed by atoms with Crippen LogP contribution in [0.4, 0.5) is 10.1 Å². The summed E-state index contributed by atoms with van der Waals surface area (Å²) in [5.41, 5.74) is 6.55. The summed E-state index contributed by atoms with van der Waals surface area (Å²) in [5.74, 6) is -0.745. The minimum absolute atomic E-state index is 0.154. The Labute approximate surface area is 135 Å². The zero-order valence-electron chi connectivity index (χ0n) is 13.4. The highest BCUT2D eigenvalue weighted by atomic mass is 19.1. The van der Waals surface area contributed by atoms with E-state index >= 15 is 0 Å². The monoisotopic (exact) mass is 323 g/mol. The van der Waals surface area contributed by atoms with Crippen molar-refractivity contribution in [1.29, 1.82) is 0 Å². The Morgan fingerprint density at radius 3 is 2.48 bits per heavy atom. The molecule has 1 aromatic rings. The highest BCUT2D eigenvalue weighted by Gasteiger charge is 2.26. The van der Waals surface area contributed by atoms with Gasteiger partial charge in [-0.25, -0.2) is 4.39 Å². The first kappa shape index (κ1) is 17.4. The molecule has 0 aliphatic carbocycles. The van der Waals surface area contributed by atoms with Crippen LogP contribution in [0, 0.1) is 5.82 Å². The van der Waals surface area contributed by atoms with Gasteiger partial charge < -0.3 is 20.3 Å². The molecule has 0 bridgehead atoms. The van der Waals surface area contributed by atoms with Crippen LogP contribution in [0.2, 0.25) is 0 Å². The lowest BCUT2D eigenvalue weighted by Crippen LogP contribution is -2.54. The van der Waals surface area contributed by atoms with Gasteiger partial charge in [0.05, 0.1) is 12.3 Å². The first-order chi connectivity index (χ1) is 10.9. The Hall–Kier alpha value is -1.99. The smallest absolute Gasteiger partial charge is 0.241 e. The molecule has 2 rings (SSSR count). The summed E-state index contributed by atoms with van der Waals surface area (Å²) in [4.78, 5) is 26.9. The number of nitrogens with zero attached hydrogens (tertiary/aromatic N) is 2. The van der Waals surface area contributed by atoms with Gasteiger partial charge in [-0.15, -0.1) is 0 Å². The molecule has 1 heterocycles. The summed E-state index contributed by atoms with van der Waals surface area (Å²) in [7, 11) is 1.50. The maximum atomic E-state index is 14.2. The van der Waals surface area contributed by atoms with E-state index in [9.17, 15) is 14.0 Å². The van der Waals surface area contributed by atoms with Crippen molar-refractivity contribution < 1.29 is 18.7 Å². The molecule has 1 aliphatic rings. The van der Waals surface area contributed by atoms with Gasteiger partial charge in [0.25, 0.3) is 0 Å². The number of carbonyl (C=O) groups excluding carboxylic acids is 2. The summed E-state index contributed by atoms with van der Waals surface area (Å²) >= 11 is 0. The maximum absolute atomic E-state index is 14.2. The SMILES string of the molecule is COCC(N)C(=O)N1CCN(c2ccc(C(C)=O)cc2F)CC1. The van der Waals surface area contributed by atoms with Crippen molar-refractivity contribution in [3.05, 3.63) is 29.6 Å². The minimum Gasteiger partial charge on any atom is -0.383 e. The van der Waals surface area contributed by atoms with Gasteiger partial charge in [0.15, 0.2) is 5.78 Å². The molecule has 1 fully saturated rings. The zero-order chi connectivity index (χ0) is 17.0. The summed E-state index contributed by atoms with van der Waals surface area (Å²) in [5, 5.41) is 0. The molecular formula is C16H22FN3O3. The van der Waals surface area contributed by atoms with Crippen LogP contribution in [0.15, 0.2) is 18.2 Å². The van der Waals surface area contributed by atoms with Crippen molar-refractivity contribution in [2.75, 3.05) is 44.8 Å². The number of amides is 1. The second-order valence-corrected chi connectivity index (χ2v) is 5.60. The van der Waals surface area contributed by atoms with Gasteiger partial charge in [-0.2, -0.15) is 0 Å². The van der Waals surface area contributed by atoms with E-state index in [4.69, 9.17) is 10.5 Å². The largest absolute Gasteiger partial charge is 0.383 e. The number of methoxy groups -OCH3 is 1. The van der Waals surface area contributed by atoms with Gasteiger partial charge in [-0.1, -0.05) is 0 Å². The molecule has 1 aliphatic heterocycles. The van der Waals surface area contributed by atoms with E-state index in [1.807, 2.05) is 4.90 Å². The number of Topliss-reactive ketones (excluding diaryl/α,β-unsaturated/α-hetero) is 1. The van der Waals surface area contributed by atoms with Gasteiger partial charge in [-0.3, -0.25) is 9.59 Å². The number of carbonyl (C=O) groups is 2. The number of halogens is 1. The molecule has 0 saturated carbocycles. The van der Waals surface area contributed by atoms with Crippen LogP contribution in [-0.4, -0.2) is 62.5 Å². The summed E-state index contributed by atoms with van der Waals surface area (Å²) < 4.78 is 19.1. The summed E-state index contributed by atoms with van der Waals surface area (Å²) in [6, 6.07) is 3.81. The zero-order valence-corrected chi connectivity index (χ0v) is 13.4. The molecule has 7 heteroatoms. The topological polar surface area (TPSA) is 75.9 Å². The molecule has 0 spiro atoms. The van der Waals surface area contributed by atoms with E-state index < -0.39 is 11.9 Å². The fourth-order valence-corrected chi connectivity index (χ4v) is 2.64. The van der Waals surface area contributed by atoms with E-state index in [2.05, 4.69) is 0 Å². The third-order valence-corrected chi connectivity index (χ3v) is 3.95. The van der Waals surface area contributed by atoms with Crippen LogP contribution >= 0.6 is 0 Å². The summed E-state index contributed by atoms with van der Waals surface area (Å²) in [6.07, 6.45) is 0. The number of hydrogen-bond donors (Lipinski definition) is 1. The molecule has 1 unspecified atom stereocenters. The predicted octanol–water partition coefficient (Wildman–Crippen LogP) is 0.651. The predicted molar refractivity (Wildman–Crippen MR) is 85.0 cm³/mol. The quantitative estimate of drug-likeness (QED) is 0.805. The van der Waals surface area contributed by atoms with Crippen LogP contribution in [0.1, 0.15) is 17.3 Å². The lowest BCUT2D eigenvalue weighted by atomic mass is 10.1. The second kappa shape index (κ2) is 7.52. The molecule has 1 saturated heterocycles. The van der Waals surface area contributed by atoms with Crippen LogP contribution in [0.5, 0.6) is 0 Å². The summed E-state index contributed by atoms with van der Waals surface area (Å²) in [6.45, 7) is 3.57. The molecule has 6 nitrogen and oxygen atoms in total. The highest BCUT2D eigenvalue weighted by Crippen LogP contribution is 2.22. The average molecular weight is 323 g/mol. The minimum atomic E-state index is -0.668. The van der Waals surface area contributed by atoms with Gasteiger partial charge in [0.2, 0.25) is 5.91 Å². The number of anilines is 1. The normalized spacial score (nSPS) is 16.3. The number of benzene rings is 1. The molecule has 2 N–H and O–H groups in total. The third kappa shape index (κ3) is 4.05. The molecule has 23 heavy (non-hydrogen) atoms. The number of ether oxygens (including phenoxy) is 1. The van der Waals surface area contributed by atoms with E-state index in [-0.39, 0.29) is 18.3 Å². The Morgan fingerprint density at radius 1 is 1.30 bits per heavy atom. The average Bonchev–Trinajstić information content (AvgIpc) is 2.54. The van der Waals surface area contributed by atoms with Crippen LogP contribution < -0.4 is 10.6 Å². The fraction of sp³-hybridized carbons (Fsp3) is 0.500. The van der Waals surface area contributed by atoms with E-state index in [1.165, 1.54) is 20.1 Å². The lowest BCUT2D eigenvalue weighted by molar-refractivity contribution is -0.134. The Kier molecular flexibility index (Phi) is 5.68. The van der Waals surface area contributed by atoms with Gasteiger partial charge in [-0.05, 0) is 25.1 Å².